The van der Waals surface area contributed by atoms with Crippen LogP contribution in [0.1, 0.15) is 30.1 Å². The van der Waals surface area contributed by atoms with E-state index in [4.69, 9.17) is 0 Å². The van der Waals surface area contributed by atoms with E-state index in [0.29, 0.717) is 19.0 Å². The topological polar surface area (TPSA) is 20.3 Å². The molecule has 0 aliphatic carbocycles. The van der Waals surface area contributed by atoms with E-state index < -0.39 is 17.5 Å². The Morgan fingerprint density at radius 3 is 2.44 bits per heavy atom. The van der Waals surface area contributed by atoms with Crippen molar-refractivity contribution in [2.24, 2.45) is 5.92 Å². The zero-order valence-corrected chi connectivity index (χ0v) is 11.6. The van der Waals surface area contributed by atoms with Crippen molar-refractivity contribution >= 4 is 21.8 Å². The number of carbonyl (C=O) groups excluding carboxylic acids is 1. The normalized spacial score (nSPS) is 17.0. The molecule has 1 aliphatic rings. The third kappa shape index (κ3) is 2.55. The Balaban J connectivity index is 2.26. The van der Waals surface area contributed by atoms with E-state index in [9.17, 15) is 13.6 Å². The SMILES string of the molecule is CC1CCN(C(=O)c2c(F)ccc(F)c2Br)CC1. The standard InChI is InChI=1S/C13H14BrF2NO/c1-8-4-6-17(7-5-8)13(18)11-9(15)2-3-10(16)12(11)14/h2-3,8H,4-7H2,1H3. The van der Waals surface area contributed by atoms with E-state index >= 15 is 0 Å². The Labute approximate surface area is 113 Å². The van der Waals surface area contributed by atoms with Crippen LogP contribution in [0, 0.1) is 17.6 Å². The molecule has 1 aromatic rings. The van der Waals surface area contributed by atoms with E-state index in [1.165, 1.54) is 0 Å². The lowest BCUT2D eigenvalue weighted by Crippen LogP contribution is -2.38. The molecule has 1 aliphatic heterocycles. The van der Waals surface area contributed by atoms with Crippen molar-refractivity contribution in [2.45, 2.75) is 19.8 Å². The number of hydrogen-bond donors (Lipinski definition) is 0. The predicted molar refractivity (Wildman–Crippen MR) is 68.4 cm³/mol. The molecule has 1 saturated heterocycles. The number of amides is 1. The first-order valence-corrected chi connectivity index (χ1v) is 6.72. The lowest BCUT2D eigenvalue weighted by Gasteiger charge is -2.30. The molecular weight excluding hydrogens is 304 g/mol. The number of benzene rings is 1. The Morgan fingerprint density at radius 2 is 1.83 bits per heavy atom. The third-order valence-corrected chi connectivity index (χ3v) is 4.10. The van der Waals surface area contributed by atoms with Crippen LogP contribution in [0.4, 0.5) is 8.78 Å². The number of halogens is 3. The Morgan fingerprint density at radius 1 is 1.28 bits per heavy atom. The lowest BCUT2D eigenvalue weighted by atomic mass is 9.98. The fraction of sp³-hybridized carbons (Fsp3) is 0.462. The maximum Gasteiger partial charge on any atom is 0.258 e. The molecule has 5 heteroatoms. The molecule has 0 spiro atoms. The van der Waals surface area contributed by atoms with Crippen LogP contribution >= 0.6 is 15.9 Å². The minimum Gasteiger partial charge on any atom is -0.339 e. The quantitative estimate of drug-likeness (QED) is 0.725. The van der Waals surface area contributed by atoms with Gasteiger partial charge in [-0.3, -0.25) is 4.79 Å². The van der Waals surface area contributed by atoms with Gasteiger partial charge < -0.3 is 4.90 Å². The van der Waals surface area contributed by atoms with Crippen molar-refractivity contribution in [3.63, 3.8) is 0 Å². The van der Waals surface area contributed by atoms with Crippen molar-refractivity contribution in [3.8, 4) is 0 Å². The fourth-order valence-electron chi connectivity index (χ4n) is 2.09. The van der Waals surface area contributed by atoms with E-state index in [1.807, 2.05) is 0 Å². The van der Waals surface area contributed by atoms with Gasteiger partial charge >= 0.3 is 0 Å². The van der Waals surface area contributed by atoms with Gasteiger partial charge in [0, 0.05) is 13.1 Å². The summed E-state index contributed by atoms with van der Waals surface area (Å²) >= 11 is 2.95. The number of nitrogens with zero attached hydrogens (tertiary/aromatic N) is 1. The molecule has 0 N–H and O–H groups in total. The van der Waals surface area contributed by atoms with Crippen LogP contribution in [0.25, 0.3) is 0 Å². The average molecular weight is 318 g/mol. The number of carbonyl (C=O) groups is 1. The number of rotatable bonds is 1. The third-order valence-electron chi connectivity index (χ3n) is 3.33. The van der Waals surface area contributed by atoms with Crippen LogP contribution in [0.15, 0.2) is 16.6 Å². The fourth-order valence-corrected chi connectivity index (χ4v) is 2.58. The van der Waals surface area contributed by atoms with Gasteiger partial charge in [-0.05, 0) is 46.8 Å². The molecule has 1 heterocycles. The van der Waals surface area contributed by atoms with Gasteiger partial charge in [-0.1, -0.05) is 6.92 Å². The minimum atomic E-state index is -0.688. The Hall–Kier alpha value is -0.970. The summed E-state index contributed by atoms with van der Waals surface area (Å²) < 4.78 is 26.9. The molecule has 2 rings (SSSR count). The predicted octanol–water partition coefficient (Wildman–Crippen LogP) is 3.60. The summed E-state index contributed by atoms with van der Waals surface area (Å²) in [6.45, 7) is 3.32. The van der Waals surface area contributed by atoms with Gasteiger partial charge in [-0.2, -0.15) is 0 Å². The molecule has 0 unspecified atom stereocenters. The van der Waals surface area contributed by atoms with Crippen LogP contribution in [0.2, 0.25) is 0 Å². The van der Waals surface area contributed by atoms with Crippen molar-refractivity contribution in [1.82, 2.24) is 4.90 Å². The highest BCUT2D eigenvalue weighted by molar-refractivity contribution is 9.10. The highest BCUT2D eigenvalue weighted by atomic mass is 79.9. The highest BCUT2D eigenvalue weighted by Crippen LogP contribution is 2.26. The van der Waals surface area contributed by atoms with Gasteiger partial charge in [0.15, 0.2) is 0 Å². The Bertz CT molecular complexity index is 470. The number of piperidine rings is 1. The van der Waals surface area contributed by atoms with E-state index in [1.54, 1.807) is 4.90 Å². The summed E-state index contributed by atoms with van der Waals surface area (Å²) in [5.74, 6) is -1.17. The second kappa shape index (κ2) is 5.34. The van der Waals surface area contributed by atoms with E-state index in [-0.39, 0.29) is 10.0 Å². The monoisotopic (exact) mass is 317 g/mol. The zero-order chi connectivity index (χ0) is 13.3. The largest absolute Gasteiger partial charge is 0.339 e. The zero-order valence-electron chi connectivity index (χ0n) is 10.0. The van der Waals surface area contributed by atoms with Crippen LogP contribution in [0.3, 0.4) is 0 Å². The molecule has 0 atom stereocenters. The van der Waals surface area contributed by atoms with Crippen molar-refractivity contribution < 1.29 is 13.6 Å². The number of hydrogen-bond acceptors (Lipinski definition) is 1. The molecule has 1 fully saturated rings. The molecule has 0 saturated carbocycles. The summed E-state index contributed by atoms with van der Waals surface area (Å²) in [5, 5.41) is 0. The summed E-state index contributed by atoms with van der Waals surface area (Å²) in [7, 11) is 0. The molecule has 18 heavy (non-hydrogen) atoms. The molecule has 0 radical (unpaired) electrons. The van der Waals surface area contributed by atoms with Crippen LogP contribution in [-0.4, -0.2) is 23.9 Å². The van der Waals surface area contributed by atoms with Crippen molar-refractivity contribution in [2.75, 3.05) is 13.1 Å². The van der Waals surface area contributed by atoms with Crippen molar-refractivity contribution in [1.29, 1.82) is 0 Å². The van der Waals surface area contributed by atoms with Crippen molar-refractivity contribution in [3.05, 3.63) is 33.8 Å². The highest BCUT2D eigenvalue weighted by Gasteiger charge is 2.26. The van der Waals surface area contributed by atoms with Crippen LogP contribution < -0.4 is 0 Å². The Kier molecular flexibility index (Phi) is 4.00. The minimum absolute atomic E-state index is 0.0916. The molecule has 0 aromatic heterocycles. The maximum atomic E-state index is 13.7. The molecular formula is C13H14BrF2NO. The maximum absolute atomic E-state index is 13.7. The first kappa shape index (κ1) is 13.5. The molecule has 1 aromatic carbocycles. The van der Waals surface area contributed by atoms with Crippen LogP contribution in [0.5, 0.6) is 0 Å². The summed E-state index contributed by atoms with van der Waals surface area (Å²) in [4.78, 5) is 13.8. The van der Waals surface area contributed by atoms with Gasteiger partial charge in [0.05, 0.1) is 10.0 Å². The van der Waals surface area contributed by atoms with Crippen LogP contribution in [-0.2, 0) is 0 Å². The van der Waals surface area contributed by atoms with Gasteiger partial charge in [-0.15, -0.1) is 0 Å². The first-order chi connectivity index (χ1) is 8.50. The second-order valence-electron chi connectivity index (χ2n) is 4.69. The summed E-state index contributed by atoms with van der Waals surface area (Å²) in [6.07, 6.45) is 1.81. The van der Waals surface area contributed by atoms with E-state index in [2.05, 4.69) is 22.9 Å². The van der Waals surface area contributed by atoms with Gasteiger partial charge in [-0.25, -0.2) is 8.78 Å². The molecule has 0 bridgehead atoms. The average Bonchev–Trinajstić information content (AvgIpc) is 2.35. The smallest absolute Gasteiger partial charge is 0.258 e. The number of likely N-dealkylation sites (tertiary alicyclic amines) is 1. The van der Waals surface area contributed by atoms with E-state index in [0.717, 1.165) is 25.0 Å². The first-order valence-electron chi connectivity index (χ1n) is 5.93. The van der Waals surface area contributed by atoms with Gasteiger partial charge in [0.2, 0.25) is 0 Å². The van der Waals surface area contributed by atoms with Gasteiger partial charge in [0.1, 0.15) is 11.6 Å². The molecule has 2 nitrogen and oxygen atoms in total. The lowest BCUT2D eigenvalue weighted by molar-refractivity contribution is 0.0691. The molecule has 1 amide bonds. The second-order valence-corrected chi connectivity index (χ2v) is 5.49. The summed E-state index contributed by atoms with van der Waals surface area (Å²) in [5.41, 5.74) is -0.204. The molecule has 98 valence electrons. The summed E-state index contributed by atoms with van der Waals surface area (Å²) in [6, 6.07) is 1.99. The van der Waals surface area contributed by atoms with Gasteiger partial charge in [0.25, 0.3) is 5.91 Å².